The second-order valence-corrected chi connectivity index (χ2v) is 7.18. The van der Waals surface area contributed by atoms with Gasteiger partial charge in [0.2, 0.25) is 11.8 Å². The van der Waals surface area contributed by atoms with E-state index in [2.05, 4.69) is 10.2 Å². The Morgan fingerprint density at radius 3 is 2.19 bits per heavy atom. The molecule has 2 fully saturated rings. The van der Waals surface area contributed by atoms with Crippen LogP contribution in [0.5, 0.6) is 0 Å². The highest BCUT2D eigenvalue weighted by atomic mass is 35.5. The van der Waals surface area contributed by atoms with Crippen LogP contribution in [-0.2, 0) is 9.59 Å². The van der Waals surface area contributed by atoms with Gasteiger partial charge < -0.3 is 16.0 Å². The standard InChI is InChI=1S/C18H25ClN4O2.ClH/c19-15-3-1-13(2-4-15)16(17(20)24)22-9-11-23(12-10-22)18(25)14-5-7-21-8-6-14;/h1-4,14,16,21H,5-12H2,(H2,20,24);1H. The van der Waals surface area contributed by atoms with Crippen LogP contribution in [0.15, 0.2) is 24.3 Å². The van der Waals surface area contributed by atoms with E-state index in [9.17, 15) is 9.59 Å². The number of halogens is 2. The number of piperidine rings is 1. The van der Waals surface area contributed by atoms with Gasteiger partial charge in [0, 0.05) is 37.1 Å². The Kier molecular flexibility index (Phi) is 7.70. The van der Waals surface area contributed by atoms with Crippen LogP contribution in [0.4, 0.5) is 0 Å². The van der Waals surface area contributed by atoms with Crippen molar-refractivity contribution in [1.82, 2.24) is 15.1 Å². The Morgan fingerprint density at radius 2 is 1.65 bits per heavy atom. The summed E-state index contributed by atoms with van der Waals surface area (Å²) in [6.45, 7) is 4.40. The van der Waals surface area contributed by atoms with Gasteiger partial charge in [-0.25, -0.2) is 0 Å². The Morgan fingerprint density at radius 1 is 1.08 bits per heavy atom. The zero-order valence-corrected chi connectivity index (χ0v) is 16.3. The van der Waals surface area contributed by atoms with Gasteiger partial charge in [0.1, 0.15) is 6.04 Å². The van der Waals surface area contributed by atoms with Gasteiger partial charge in [-0.3, -0.25) is 14.5 Å². The maximum Gasteiger partial charge on any atom is 0.239 e. The maximum atomic E-state index is 12.6. The Labute approximate surface area is 165 Å². The van der Waals surface area contributed by atoms with Crippen LogP contribution in [-0.4, -0.2) is 60.9 Å². The summed E-state index contributed by atoms with van der Waals surface area (Å²) in [6.07, 6.45) is 1.82. The molecule has 2 aliphatic heterocycles. The van der Waals surface area contributed by atoms with Gasteiger partial charge in [-0.15, -0.1) is 12.4 Å². The lowest BCUT2D eigenvalue weighted by atomic mass is 9.96. The quantitative estimate of drug-likeness (QED) is 0.800. The van der Waals surface area contributed by atoms with Crippen LogP contribution in [0, 0.1) is 5.92 Å². The normalized spacial score (nSPS) is 20.3. The van der Waals surface area contributed by atoms with Crippen LogP contribution < -0.4 is 11.1 Å². The first-order chi connectivity index (χ1) is 12.1. The molecule has 0 spiro atoms. The van der Waals surface area contributed by atoms with Crippen LogP contribution >= 0.6 is 24.0 Å². The lowest BCUT2D eigenvalue weighted by Crippen LogP contribution is -2.53. The zero-order valence-electron chi connectivity index (χ0n) is 14.7. The molecule has 0 saturated carbocycles. The van der Waals surface area contributed by atoms with E-state index < -0.39 is 6.04 Å². The molecule has 1 atom stereocenters. The second kappa shape index (κ2) is 9.55. The number of rotatable bonds is 4. The Balaban J connectivity index is 0.00000243. The number of nitrogens with zero attached hydrogens (tertiary/aromatic N) is 2. The maximum absolute atomic E-state index is 12.6. The lowest BCUT2D eigenvalue weighted by Gasteiger charge is -2.39. The van der Waals surface area contributed by atoms with Gasteiger partial charge in [-0.05, 0) is 43.6 Å². The average molecular weight is 401 g/mol. The number of carbonyl (C=O) groups excluding carboxylic acids is 2. The van der Waals surface area contributed by atoms with E-state index in [-0.39, 0.29) is 30.1 Å². The lowest BCUT2D eigenvalue weighted by molar-refractivity contribution is -0.139. The van der Waals surface area contributed by atoms with Crippen molar-refractivity contribution < 1.29 is 9.59 Å². The van der Waals surface area contributed by atoms with Crippen molar-refractivity contribution in [2.24, 2.45) is 11.7 Å². The Hall–Kier alpha value is -1.34. The summed E-state index contributed by atoms with van der Waals surface area (Å²) in [4.78, 5) is 28.6. The fourth-order valence-electron chi connectivity index (χ4n) is 3.73. The largest absolute Gasteiger partial charge is 0.368 e. The van der Waals surface area contributed by atoms with Gasteiger partial charge >= 0.3 is 0 Å². The summed E-state index contributed by atoms with van der Waals surface area (Å²) in [5.74, 6) is 0.0136. The summed E-state index contributed by atoms with van der Waals surface area (Å²) in [5.41, 5.74) is 6.49. The van der Waals surface area contributed by atoms with E-state index in [0.29, 0.717) is 31.2 Å². The van der Waals surface area contributed by atoms with E-state index in [1.165, 1.54) is 0 Å². The van der Waals surface area contributed by atoms with Crippen molar-refractivity contribution in [3.05, 3.63) is 34.9 Å². The van der Waals surface area contributed by atoms with Crippen molar-refractivity contribution in [2.45, 2.75) is 18.9 Å². The summed E-state index contributed by atoms with van der Waals surface area (Å²) in [5, 5.41) is 3.92. The predicted molar refractivity (Wildman–Crippen MR) is 104 cm³/mol. The average Bonchev–Trinajstić information content (AvgIpc) is 2.64. The van der Waals surface area contributed by atoms with E-state index in [1.54, 1.807) is 12.1 Å². The molecule has 3 N–H and O–H groups in total. The predicted octanol–water partition coefficient (Wildman–Crippen LogP) is 1.43. The third-order valence-corrected chi connectivity index (χ3v) is 5.39. The van der Waals surface area contributed by atoms with Crippen LogP contribution in [0.2, 0.25) is 5.02 Å². The van der Waals surface area contributed by atoms with Crippen molar-refractivity contribution in [1.29, 1.82) is 0 Å². The number of piperazine rings is 1. The molecule has 2 saturated heterocycles. The van der Waals surface area contributed by atoms with E-state index in [1.807, 2.05) is 17.0 Å². The van der Waals surface area contributed by atoms with Gasteiger partial charge in [0.25, 0.3) is 0 Å². The first-order valence-electron chi connectivity index (χ1n) is 8.84. The monoisotopic (exact) mass is 400 g/mol. The van der Waals surface area contributed by atoms with E-state index in [4.69, 9.17) is 17.3 Å². The summed E-state index contributed by atoms with van der Waals surface area (Å²) < 4.78 is 0. The molecule has 0 bridgehead atoms. The molecule has 3 rings (SSSR count). The molecule has 26 heavy (non-hydrogen) atoms. The number of nitrogens with two attached hydrogens (primary N) is 1. The molecule has 1 aromatic carbocycles. The van der Waals surface area contributed by atoms with Crippen LogP contribution in [0.3, 0.4) is 0 Å². The molecule has 8 heteroatoms. The number of benzene rings is 1. The van der Waals surface area contributed by atoms with Crippen molar-refractivity contribution in [2.75, 3.05) is 39.3 Å². The molecular weight excluding hydrogens is 375 g/mol. The molecular formula is C18H26Cl2N4O2. The van der Waals surface area contributed by atoms with Crippen LogP contribution in [0.25, 0.3) is 0 Å². The highest BCUT2D eigenvalue weighted by Crippen LogP contribution is 2.24. The van der Waals surface area contributed by atoms with Gasteiger partial charge in [-0.2, -0.15) is 0 Å². The molecule has 2 heterocycles. The topological polar surface area (TPSA) is 78.7 Å². The van der Waals surface area contributed by atoms with E-state index >= 15 is 0 Å². The van der Waals surface area contributed by atoms with Crippen molar-refractivity contribution in [3.8, 4) is 0 Å². The van der Waals surface area contributed by atoms with Gasteiger partial charge in [-0.1, -0.05) is 23.7 Å². The highest BCUT2D eigenvalue weighted by Gasteiger charge is 2.32. The van der Waals surface area contributed by atoms with Crippen LogP contribution in [0.1, 0.15) is 24.4 Å². The summed E-state index contributed by atoms with van der Waals surface area (Å²) in [6, 6.07) is 6.73. The van der Waals surface area contributed by atoms with Gasteiger partial charge in [0.05, 0.1) is 0 Å². The molecule has 0 radical (unpaired) electrons. The summed E-state index contributed by atoms with van der Waals surface area (Å²) in [7, 11) is 0. The molecule has 6 nitrogen and oxygen atoms in total. The molecule has 0 aromatic heterocycles. The fourth-order valence-corrected chi connectivity index (χ4v) is 3.85. The molecule has 2 aliphatic rings. The molecule has 1 aromatic rings. The fraction of sp³-hybridized carbons (Fsp3) is 0.556. The minimum absolute atomic E-state index is 0. The molecule has 2 amide bonds. The van der Waals surface area contributed by atoms with E-state index in [0.717, 1.165) is 31.5 Å². The number of carbonyl (C=O) groups is 2. The number of nitrogens with one attached hydrogen (secondary N) is 1. The number of hydrogen-bond donors (Lipinski definition) is 2. The smallest absolute Gasteiger partial charge is 0.239 e. The first kappa shape index (κ1) is 21.0. The van der Waals surface area contributed by atoms with Crippen molar-refractivity contribution >= 4 is 35.8 Å². The number of amides is 2. The second-order valence-electron chi connectivity index (χ2n) is 6.74. The number of hydrogen-bond acceptors (Lipinski definition) is 4. The highest BCUT2D eigenvalue weighted by molar-refractivity contribution is 6.30. The molecule has 0 aliphatic carbocycles. The Bertz CT molecular complexity index is 612. The minimum atomic E-state index is -0.478. The van der Waals surface area contributed by atoms with Crippen molar-refractivity contribution in [3.63, 3.8) is 0 Å². The number of primary amides is 1. The summed E-state index contributed by atoms with van der Waals surface area (Å²) >= 11 is 5.93. The zero-order chi connectivity index (χ0) is 17.8. The molecule has 144 valence electrons. The SMILES string of the molecule is Cl.NC(=O)C(c1ccc(Cl)cc1)N1CCN(C(=O)C2CCNCC2)CC1. The first-order valence-corrected chi connectivity index (χ1v) is 9.22. The van der Waals surface area contributed by atoms with Gasteiger partial charge in [0.15, 0.2) is 0 Å². The third kappa shape index (κ3) is 4.88. The third-order valence-electron chi connectivity index (χ3n) is 5.13. The minimum Gasteiger partial charge on any atom is -0.368 e. The molecule has 1 unspecified atom stereocenters.